The Balaban J connectivity index is 4.16. The summed E-state index contributed by atoms with van der Waals surface area (Å²) in [7, 11) is -3.09. The number of hydrogen-bond acceptors (Lipinski definition) is 4. The van der Waals surface area contributed by atoms with Crippen molar-refractivity contribution in [1.29, 1.82) is 0 Å². The molecule has 0 aliphatic carbocycles. The second kappa shape index (κ2) is 11.6. The summed E-state index contributed by atoms with van der Waals surface area (Å²) in [6.45, 7) is 12.3. The summed E-state index contributed by atoms with van der Waals surface area (Å²) >= 11 is 0. The molecular formula is C16H35O4P. The monoisotopic (exact) mass is 322 g/mol. The van der Waals surface area contributed by atoms with E-state index in [9.17, 15) is 4.57 Å². The molecule has 0 saturated carbocycles. The minimum absolute atomic E-state index is 0.0697. The van der Waals surface area contributed by atoms with E-state index >= 15 is 0 Å². The van der Waals surface area contributed by atoms with Crippen LogP contribution >= 0.6 is 7.60 Å². The Morgan fingerprint density at radius 1 is 0.905 bits per heavy atom. The van der Waals surface area contributed by atoms with E-state index in [0.717, 1.165) is 38.5 Å². The Bertz CT molecular complexity index is 278. The van der Waals surface area contributed by atoms with E-state index in [1.807, 2.05) is 0 Å². The molecule has 0 unspecified atom stereocenters. The molecule has 0 aromatic rings. The molecule has 0 aromatic heterocycles. The van der Waals surface area contributed by atoms with Crippen LogP contribution in [0.15, 0.2) is 0 Å². The maximum atomic E-state index is 12.6. The molecule has 4 nitrogen and oxygen atoms in total. The highest BCUT2D eigenvalue weighted by atomic mass is 31.2. The fourth-order valence-electron chi connectivity index (χ4n) is 1.51. The van der Waals surface area contributed by atoms with E-state index in [-0.39, 0.29) is 11.8 Å². The van der Waals surface area contributed by atoms with Gasteiger partial charge in [-0.25, -0.2) is 0 Å². The van der Waals surface area contributed by atoms with Gasteiger partial charge in [0.05, 0.1) is 13.2 Å². The van der Waals surface area contributed by atoms with Gasteiger partial charge in [-0.3, -0.25) is 4.57 Å². The van der Waals surface area contributed by atoms with Gasteiger partial charge in [0, 0.05) is 6.61 Å². The summed E-state index contributed by atoms with van der Waals surface area (Å²) in [4.78, 5) is 0. The first-order chi connectivity index (χ1) is 9.89. The van der Waals surface area contributed by atoms with E-state index in [0.29, 0.717) is 19.8 Å². The van der Waals surface area contributed by atoms with Crippen molar-refractivity contribution < 1.29 is 18.3 Å². The Morgan fingerprint density at radius 2 is 1.43 bits per heavy atom. The Kier molecular flexibility index (Phi) is 11.7. The number of hydrogen-bond donors (Lipinski definition) is 0. The SMILES string of the molecule is CCCCOP(=O)(COCCC(C)(C)CC)OCCCC. The molecule has 0 amide bonds. The van der Waals surface area contributed by atoms with Gasteiger partial charge in [0.15, 0.2) is 0 Å². The molecular weight excluding hydrogens is 287 g/mol. The third kappa shape index (κ3) is 11.3. The van der Waals surface area contributed by atoms with Crippen molar-refractivity contribution in [3.63, 3.8) is 0 Å². The maximum absolute atomic E-state index is 12.6. The van der Waals surface area contributed by atoms with Crippen molar-refractivity contribution in [3.8, 4) is 0 Å². The first-order valence-electron chi connectivity index (χ1n) is 8.35. The van der Waals surface area contributed by atoms with Crippen molar-refractivity contribution in [1.82, 2.24) is 0 Å². The zero-order chi connectivity index (χ0) is 16.2. The van der Waals surface area contributed by atoms with Crippen molar-refractivity contribution in [2.45, 2.75) is 73.1 Å². The molecule has 0 heterocycles. The molecule has 0 atom stereocenters. The lowest BCUT2D eigenvalue weighted by atomic mass is 9.87. The second-order valence-electron chi connectivity index (χ2n) is 6.29. The Hall–Kier alpha value is 0.110. The van der Waals surface area contributed by atoms with Crippen molar-refractivity contribution in [2.24, 2.45) is 5.41 Å². The first-order valence-corrected chi connectivity index (χ1v) is 10.1. The van der Waals surface area contributed by atoms with Crippen LogP contribution < -0.4 is 0 Å². The predicted octanol–water partition coefficient (Wildman–Crippen LogP) is 5.61. The van der Waals surface area contributed by atoms with Gasteiger partial charge in [-0.2, -0.15) is 0 Å². The van der Waals surface area contributed by atoms with Crippen LogP contribution in [0.25, 0.3) is 0 Å². The first kappa shape index (κ1) is 21.1. The molecule has 21 heavy (non-hydrogen) atoms. The molecule has 0 radical (unpaired) electrons. The number of rotatable bonds is 14. The van der Waals surface area contributed by atoms with Gasteiger partial charge in [-0.05, 0) is 24.7 Å². The Morgan fingerprint density at radius 3 is 1.86 bits per heavy atom. The quantitative estimate of drug-likeness (QED) is 0.308. The van der Waals surface area contributed by atoms with Crippen molar-refractivity contribution in [3.05, 3.63) is 0 Å². The van der Waals surface area contributed by atoms with Crippen LogP contribution in [0.2, 0.25) is 0 Å². The summed E-state index contributed by atoms with van der Waals surface area (Å²) < 4.78 is 29.1. The normalized spacial score (nSPS) is 12.8. The zero-order valence-corrected chi connectivity index (χ0v) is 15.5. The van der Waals surface area contributed by atoms with Crippen LogP contribution in [-0.4, -0.2) is 26.2 Å². The van der Waals surface area contributed by atoms with Crippen LogP contribution in [0.1, 0.15) is 73.1 Å². The van der Waals surface area contributed by atoms with Gasteiger partial charge in [-0.1, -0.05) is 53.9 Å². The van der Waals surface area contributed by atoms with Crippen LogP contribution in [-0.2, 0) is 18.3 Å². The molecule has 0 fully saturated rings. The largest absolute Gasteiger partial charge is 0.369 e. The third-order valence-electron chi connectivity index (χ3n) is 3.70. The second-order valence-corrected chi connectivity index (χ2v) is 8.29. The third-order valence-corrected chi connectivity index (χ3v) is 5.35. The summed E-state index contributed by atoms with van der Waals surface area (Å²) in [5, 5.41) is 0. The Labute approximate surface area is 131 Å². The van der Waals surface area contributed by atoms with Crippen molar-refractivity contribution >= 4 is 7.60 Å². The van der Waals surface area contributed by atoms with Crippen LogP contribution in [0.4, 0.5) is 0 Å². The minimum Gasteiger partial charge on any atom is -0.369 e. The van der Waals surface area contributed by atoms with Gasteiger partial charge in [-0.15, -0.1) is 0 Å². The minimum atomic E-state index is -3.09. The lowest BCUT2D eigenvalue weighted by Gasteiger charge is -2.23. The maximum Gasteiger partial charge on any atom is 0.356 e. The number of unbranched alkanes of at least 4 members (excludes halogenated alkanes) is 2. The van der Waals surface area contributed by atoms with Gasteiger partial charge in [0.2, 0.25) is 0 Å². The molecule has 0 aromatic carbocycles. The molecule has 0 spiro atoms. The molecule has 0 bridgehead atoms. The van der Waals surface area contributed by atoms with Gasteiger partial charge >= 0.3 is 7.60 Å². The summed E-state index contributed by atoms with van der Waals surface area (Å²) in [6.07, 6.45) is 5.94. The van der Waals surface area contributed by atoms with E-state index in [1.165, 1.54) is 0 Å². The molecule has 5 heteroatoms. The topological polar surface area (TPSA) is 44.8 Å². The van der Waals surface area contributed by atoms with Crippen LogP contribution in [0, 0.1) is 5.41 Å². The zero-order valence-electron chi connectivity index (χ0n) is 14.7. The fraction of sp³-hybridized carbons (Fsp3) is 1.00. The highest BCUT2D eigenvalue weighted by Crippen LogP contribution is 2.48. The summed E-state index contributed by atoms with van der Waals surface area (Å²) in [5.41, 5.74) is 0.260. The number of ether oxygens (including phenoxy) is 1. The molecule has 0 saturated heterocycles. The molecule has 0 rings (SSSR count). The van der Waals surface area contributed by atoms with Gasteiger partial charge < -0.3 is 13.8 Å². The van der Waals surface area contributed by atoms with E-state index in [1.54, 1.807) is 0 Å². The van der Waals surface area contributed by atoms with Crippen LogP contribution in [0.3, 0.4) is 0 Å². The molecule has 0 aliphatic heterocycles. The molecule has 0 N–H and O–H groups in total. The highest BCUT2D eigenvalue weighted by Gasteiger charge is 2.25. The lowest BCUT2D eigenvalue weighted by molar-refractivity contribution is 0.104. The lowest BCUT2D eigenvalue weighted by Crippen LogP contribution is -2.14. The van der Waals surface area contributed by atoms with E-state index < -0.39 is 7.60 Å². The summed E-state index contributed by atoms with van der Waals surface area (Å²) in [5.74, 6) is 0. The highest BCUT2D eigenvalue weighted by molar-refractivity contribution is 7.53. The standard InChI is InChI=1S/C16H35O4P/c1-6-9-12-19-21(17,20-13-10-7-2)15-18-14-11-16(4,5)8-3/h6-15H2,1-5H3. The molecule has 128 valence electrons. The van der Waals surface area contributed by atoms with E-state index in [2.05, 4.69) is 34.6 Å². The molecule has 0 aliphatic rings. The average Bonchev–Trinajstić information content (AvgIpc) is 2.44. The summed E-state index contributed by atoms with van der Waals surface area (Å²) in [6, 6.07) is 0. The van der Waals surface area contributed by atoms with E-state index in [4.69, 9.17) is 13.8 Å². The fourth-order valence-corrected chi connectivity index (χ4v) is 2.90. The average molecular weight is 322 g/mol. The van der Waals surface area contributed by atoms with Crippen LogP contribution in [0.5, 0.6) is 0 Å². The smallest absolute Gasteiger partial charge is 0.356 e. The predicted molar refractivity (Wildman–Crippen MR) is 88.8 cm³/mol. The van der Waals surface area contributed by atoms with Gasteiger partial charge in [0.1, 0.15) is 6.35 Å². The van der Waals surface area contributed by atoms with Gasteiger partial charge in [0.25, 0.3) is 0 Å². The van der Waals surface area contributed by atoms with Crippen molar-refractivity contribution in [2.75, 3.05) is 26.2 Å².